The Kier molecular flexibility index (Phi) is 8.63. The SMILES string of the molecule is c1ccc(-c2nc(-c3ccccc3)nc(-c3ccc(CCCc4ccc5c(c4)c4cc(-n6c7ccccc7c7ccccc76)ccc4n5-c4ccccc4)cc3)n2)cc1. The summed E-state index contributed by atoms with van der Waals surface area (Å²) in [6.45, 7) is 0. The topological polar surface area (TPSA) is 48.5 Å². The Bertz CT molecular complexity index is 3160. The Hall–Kier alpha value is -7.63. The maximum Gasteiger partial charge on any atom is 0.164 e. The first-order valence-corrected chi connectivity index (χ1v) is 20.3. The summed E-state index contributed by atoms with van der Waals surface area (Å²) in [5, 5.41) is 5.07. The molecule has 0 amide bonds. The molecule has 0 saturated carbocycles. The predicted molar refractivity (Wildman–Crippen MR) is 243 cm³/mol. The van der Waals surface area contributed by atoms with Gasteiger partial charge in [-0.3, -0.25) is 0 Å². The van der Waals surface area contributed by atoms with Crippen LogP contribution in [-0.2, 0) is 12.8 Å². The van der Waals surface area contributed by atoms with E-state index in [9.17, 15) is 0 Å². The van der Waals surface area contributed by atoms with Gasteiger partial charge in [0.2, 0.25) is 0 Å². The fraction of sp³-hybridized carbons (Fsp3) is 0.0556. The lowest BCUT2D eigenvalue weighted by atomic mass is 10.0. The van der Waals surface area contributed by atoms with Crippen LogP contribution < -0.4 is 0 Å². The number of aromatic nitrogens is 5. The highest BCUT2D eigenvalue weighted by Gasteiger charge is 2.17. The molecule has 0 unspecified atom stereocenters. The monoisotopic (exact) mass is 757 g/mol. The van der Waals surface area contributed by atoms with Crippen molar-refractivity contribution in [2.45, 2.75) is 19.3 Å². The van der Waals surface area contributed by atoms with Crippen LogP contribution in [0.3, 0.4) is 0 Å². The summed E-state index contributed by atoms with van der Waals surface area (Å²) in [4.78, 5) is 14.7. The molecule has 11 aromatic rings. The third-order valence-corrected chi connectivity index (χ3v) is 11.5. The van der Waals surface area contributed by atoms with Crippen LogP contribution in [0, 0.1) is 0 Å². The molecule has 0 aliphatic heterocycles. The van der Waals surface area contributed by atoms with Gasteiger partial charge in [0.1, 0.15) is 0 Å². The van der Waals surface area contributed by atoms with E-state index in [4.69, 9.17) is 15.0 Å². The predicted octanol–water partition coefficient (Wildman–Crippen LogP) is 13.2. The van der Waals surface area contributed by atoms with Crippen molar-refractivity contribution in [2.24, 2.45) is 0 Å². The molecule has 0 N–H and O–H groups in total. The lowest BCUT2D eigenvalue weighted by Gasteiger charge is -2.10. The highest BCUT2D eigenvalue weighted by Crippen LogP contribution is 2.37. The van der Waals surface area contributed by atoms with E-state index in [0.717, 1.165) is 41.6 Å². The minimum atomic E-state index is 0.672. The van der Waals surface area contributed by atoms with Crippen molar-refractivity contribution in [3.8, 4) is 45.5 Å². The maximum absolute atomic E-state index is 4.92. The number of nitrogens with zero attached hydrogens (tertiary/aromatic N) is 5. The van der Waals surface area contributed by atoms with Gasteiger partial charge < -0.3 is 9.13 Å². The van der Waals surface area contributed by atoms with Crippen molar-refractivity contribution < 1.29 is 0 Å². The molecule has 59 heavy (non-hydrogen) atoms. The zero-order chi connectivity index (χ0) is 39.1. The van der Waals surface area contributed by atoms with Gasteiger partial charge in [-0.2, -0.15) is 0 Å². The first kappa shape index (κ1) is 34.6. The number of para-hydroxylation sites is 3. The number of benzene rings is 8. The Morgan fingerprint density at radius 2 is 0.729 bits per heavy atom. The molecule has 5 heteroatoms. The summed E-state index contributed by atoms with van der Waals surface area (Å²) in [5.41, 5.74) is 12.7. The van der Waals surface area contributed by atoms with E-state index < -0.39 is 0 Å². The number of rotatable bonds is 9. The average Bonchev–Trinajstić information content (AvgIpc) is 3.82. The van der Waals surface area contributed by atoms with Crippen LogP contribution in [0.1, 0.15) is 17.5 Å². The second-order valence-electron chi connectivity index (χ2n) is 15.2. The summed E-state index contributed by atoms with van der Waals surface area (Å²) < 4.78 is 4.82. The first-order chi connectivity index (χ1) is 29.2. The van der Waals surface area contributed by atoms with Crippen molar-refractivity contribution >= 4 is 43.6 Å². The van der Waals surface area contributed by atoms with Gasteiger partial charge in [0.25, 0.3) is 0 Å². The van der Waals surface area contributed by atoms with Gasteiger partial charge in [-0.1, -0.05) is 146 Å². The molecule has 0 spiro atoms. The third kappa shape index (κ3) is 6.34. The molecule has 8 aromatic carbocycles. The van der Waals surface area contributed by atoms with E-state index >= 15 is 0 Å². The van der Waals surface area contributed by atoms with Crippen molar-refractivity contribution in [1.82, 2.24) is 24.1 Å². The summed E-state index contributed by atoms with van der Waals surface area (Å²) in [7, 11) is 0. The van der Waals surface area contributed by atoms with Crippen molar-refractivity contribution in [2.75, 3.05) is 0 Å². The lowest BCUT2D eigenvalue weighted by Crippen LogP contribution is -2.00. The average molecular weight is 758 g/mol. The van der Waals surface area contributed by atoms with E-state index in [0.29, 0.717) is 17.5 Å². The highest BCUT2D eigenvalue weighted by molar-refractivity contribution is 6.12. The molecule has 11 rings (SSSR count). The van der Waals surface area contributed by atoms with E-state index in [2.05, 4.69) is 149 Å². The molecule has 0 fully saturated rings. The van der Waals surface area contributed by atoms with Crippen molar-refractivity contribution in [1.29, 1.82) is 0 Å². The molecular formula is C54H39N5. The second kappa shape index (κ2) is 14.7. The van der Waals surface area contributed by atoms with E-state index in [-0.39, 0.29) is 0 Å². The maximum atomic E-state index is 4.92. The normalized spacial score (nSPS) is 11.6. The van der Waals surface area contributed by atoms with E-state index in [1.54, 1.807) is 0 Å². The highest BCUT2D eigenvalue weighted by atomic mass is 15.0. The number of hydrogen-bond acceptors (Lipinski definition) is 3. The van der Waals surface area contributed by atoms with Gasteiger partial charge in [-0.05, 0) is 85.0 Å². The molecule has 0 aliphatic rings. The van der Waals surface area contributed by atoms with Gasteiger partial charge in [0.05, 0.1) is 22.1 Å². The summed E-state index contributed by atoms with van der Waals surface area (Å²) in [5.74, 6) is 2.02. The third-order valence-electron chi connectivity index (χ3n) is 11.5. The molecule has 5 nitrogen and oxygen atoms in total. The fourth-order valence-corrected chi connectivity index (χ4v) is 8.66. The Labute approximate surface area is 342 Å². The summed E-state index contributed by atoms with van der Waals surface area (Å²) in [6, 6.07) is 71.2. The lowest BCUT2D eigenvalue weighted by molar-refractivity contribution is 0.821. The molecule has 280 valence electrons. The van der Waals surface area contributed by atoms with Crippen LogP contribution in [-0.4, -0.2) is 24.1 Å². The van der Waals surface area contributed by atoms with Crippen molar-refractivity contribution in [3.05, 3.63) is 211 Å². The van der Waals surface area contributed by atoms with Crippen molar-refractivity contribution in [3.63, 3.8) is 0 Å². The summed E-state index contributed by atoms with van der Waals surface area (Å²) >= 11 is 0. The minimum Gasteiger partial charge on any atom is -0.309 e. The molecule has 0 bridgehead atoms. The Balaban J connectivity index is 0.901. The van der Waals surface area contributed by atoms with E-state index in [1.165, 1.54) is 60.4 Å². The van der Waals surface area contributed by atoms with Gasteiger partial charge in [0.15, 0.2) is 17.5 Å². The smallest absolute Gasteiger partial charge is 0.164 e. The van der Waals surface area contributed by atoms with Gasteiger partial charge in [0, 0.05) is 49.6 Å². The zero-order valence-corrected chi connectivity index (χ0v) is 32.4. The van der Waals surface area contributed by atoms with Crippen LogP contribution in [0.15, 0.2) is 200 Å². The zero-order valence-electron chi connectivity index (χ0n) is 32.4. The molecule has 0 atom stereocenters. The van der Waals surface area contributed by atoms with Crippen LogP contribution in [0.25, 0.3) is 89.2 Å². The van der Waals surface area contributed by atoms with Crippen LogP contribution in [0.4, 0.5) is 0 Å². The molecule has 0 saturated heterocycles. The number of aryl methyl sites for hydroxylation is 2. The number of fused-ring (bicyclic) bond motifs is 6. The molecular weight excluding hydrogens is 719 g/mol. The Morgan fingerprint density at radius 3 is 1.32 bits per heavy atom. The molecule has 0 aliphatic carbocycles. The standard InChI is InChI=1S/C54H39N5/c1-4-17-39(18-5-1)52-55-53(40-19-6-2-7-20-40)57-54(56-52)41-30-27-37(28-31-41)15-14-16-38-29-33-50-46(35-38)47-36-43(32-34-51(47)58(50)42-21-8-3-9-22-42)59-48-25-12-10-23-44(48)45-24-11-13-26-49(45)59/h1-13,17-36H,14-16H2. The molecule has 3 aromatic heterocycles. The molecule has 3 heterocycles. The van der Waals surface area contributed by atoms with Crippen LogP contribution >= 0.6 is 0 Å². The summed E-state index contributed by atoms with van der Waals surface area (Å²) in [6.07, 6.45) is 3.00. The minimum absolute atomic E-state index is 0.672. The first-order valence-electron chi connectivity index (χ1n) is 20.3. The largest absolute Gasteiger partial charge is 0.309 e. The fourth-order valence-electron chi connectivity index (χ4n) is 8.66. The molecule has 0 radical (unpaired) electrons. The Morgan fingerprint density at radius 1 is 0.305 bits per heavy atom. The van der Waals surface area contributed by atoms with Gasteiger partial charge in [-0.25, -0.2) is 15.0 Å². The van der Waals surface area contributed by atoms with Crippen LogP contribution in [0.2, 0.25) is 0 Å². The van der Waals surface area contributed by atoms with E-state index in [1.807, 2.05) is 60.7 Å². The number of hydrogen-bond donors (Lipinski definition) is 0. The quantitative estimate of drug-likeness (QED) is 0.147. The second-order valence-corrected chi connectivity index (χ2v) is 15.2. The van der Waals surface area contributed by atoms with Crippen LogP contribution in [0.5, 0.6) is 0 Å². The van der Waals surface area contributed by atoms with Gasteiger partial charge >= 0.3 is 0 Å². The van der Waals surface area contributed by atoms with Gasteiger partial charge in [-0.15, -0.1) is 0 Å².